The van der Waals surface area contributed by atoms with Crippen molar-refractivity contribution < 1.29 is 27.5 Å². The van der Waals surface area contributed by atoms with E-state index in [0.717, 1.165) is 6.26 Å². The number of hydrogen-bond donors (Lipinski definition) is 2. The first-order valence-electron chi connectivity index (χ1n) is 8.28. The average Bonchev–Trinajstić information content (AvgIpc) is 2.65. The van der Waals surface area contributed by atoms with E-state index in [1.807, 2.05) is 0 Å². The maximum absolute atomic E-state index is 12.1. The number of amides is 2. The predicted octanol–water partition coefficient (Wildman–Crippen LogP) is 1.24. The summed E-state index contributed by atoms with van der Waals surface area (Å²) in [7, 11) is -3.18. The molecule has 0 aliphatic carbocycles. The second kappa shape index (κ2) is 9.14. The molecular formula is C19H20N2O6S. The minimum Gasteiger partial charge on any atom is -0.449 e. The lowest BCUT2D eigenvalue weighted by Crippen LogP contribution is -2.46. The monoisotopic (exact) mass is 404 g/mol. The fourth-order valence-electron chi connectivity index (χ4n) is 2.20. The molecule has 2 aromatic carbocycles. The number of ether oxygens (including phenoxy) is 1. The molecule has 1 atom stereocenters. The lowest BCUT2D eigenvalue weighted by atomic mass is 10.1. The van der Waals surface area contributed by atoms with E-state index in [1.54, 1.807) is 30.3 Å². The molecule has 0 aliphatic heterocycles. The van der Waals surface area contributed by atoms with Gasteiger partial charge in [-0.1, -0.05) is 30.3 Å². The van der Waals surface area contributed by atoms with Crippen molar-refractivity contribution in [3.05, 3.63) is 71.3 Å². The summed E-state index contributed by atoms with van der Waals surface area (Å²) in [5.41, 5.74) is 5.49. The summed E-state index contributed by atoms with van der Waals surface area (Å²) in [5.74, 6) is -2.09. The summed E-state index contributed by atoms with van der Waals surface area (Å²) in [6, 6.07) is 14.1. The zero-order chi connectivity index (χ0) is 20.7. The average molecular weight is 404 g/mol. The second-order valence-electron chi connectivity index (χ2n) is 6.12. The molecule has 0 saturated carbocycles. The Morgan fingerprint density at radius 3 is 2.11 bits per heavy atom. The SMILES string of the molecule is C[C@H](OC(=O)c1ccc(CS(C)(=O)=O)cc1)C(=O)NNC(=O)c1ccccc1. The Hall–Kier alpha value is -3.20. The molecule has 0 bridgehead atoms. The highest BCUT2D eigenvalue weighted by Gasteiger charge is 2.19. The molecule has 0 radical (unpaired) electrons. The van der Waals surface area contributed by atoms with Crippen molar-refractivity contribution in [3.8, 4) is 0 Å². The number of esters is 1. The van der Waals surface area contributed by atoms with Crippen LogP contribution in [0.2, 0.25) is 0 Å². The standard InChI is InChI=1S/C19H20N2O6S/c1-13(17(22)20-21-18(23)15-6-4-3-5-7-15)27-19(24)16-10-8-14(9-11-16)12-28(2,25)26/h3-11,13H,12H2,1-2H3,(H,20,22)(H,21,23)/t13-/m0/s1. The summed E-state index contributed by atoms with van der Waals surface area (Å²) in [4.78, 5) is 36.0. The Balaban J connectivity index is 1.87. The van der Waals surface area contributed by atoms with Crippen LogP contribution in [0.3, 0.4) is 0 Å². The number of sulfone groups is 1. The van der Waals surface area contributed by atoms with E-state index < -0.39 is 33.7 Å². The van der Waals surface area contributed by atoms with Crippen molar-refractivity contribution in [1.82, 2.24) is 10.9 Å². The fraction of sp³-hybridized carbons (Fsp3) is 0.211. The van der Waals surface area contributed by atoms with E-state index in [-0.39, 0.29) is 11.3 Å². The molecule has 8 nitrogen and oxygen atoms in total. The van der Waals surface area contributed by atoms with E-state index in [4.69, 9.17) is 4.74 Å². The summed E-state index contributed by atoms with van der Waals surface area (Å²) < 4.78 is 27.6. The molecule has 2 N–H and O–H groups in total. The first-order chi connectivity index (χ1) is 13.2. The van der Waals surface area contributed by atoms with Crippen molar-refractivity contribution >= 4 is 27.6 Å². The van der Waals surface area contributed by atoms with Crippen LogP contribution in [-0.2, 0) is 25.1 Å². The highest BCUT2D eigenvalue weighted by atomic mass is 32.2. The van der Waals surface area contributed by atoms with Crippen molar-refractivity contribution in [3.63, 3.8) is 0 Å². The van der Waals surface area contributed by atoms with Gasteiger partial charge in [-0.15, -0.1) is 0 Å². The van der Waals surface area contributed by atoms with Crippen LogP contribution >= 0.6 is 0 Å². The zero-order valence-corrected chi connectivity index (χ0v) is 16.2. The molecule has 2 rings (SSSR count). The van der Waals surface area contributed by atoms with Gasteiger partial charge in [-0.25, -0.2) is 13.2 Å². The van der Waals surface area contributed by atoms with Gasteiger partial charge in [0.15, 0.2) is 15.9 Å². The van der Waals surface area contributed by atoms with Gasteiger partial charge in [-0.05, 0) is 36.8 Å². The molecule has 148 valence electrons. The molecule has 9 heteroatoms. The first-order valence-corrected chi connectivity index (χ1v) is 10.3. The Morgan fingerprint density at radius 1 is 0.929 bits per heavy atom. The number of benzene rings is 2. The van der Waals surface area contributed by atoms with Gasteiger partial charge in [0.05, 0.1) is 11.3 Å². The van der Waals surface area contributed by atoms with E-state index in [9.17, 15) is 22.8 Å². The van der Waals surface area contributed by atoms with Crippen LogP contribution in [0.4, 0.5) is 0 Å². The van der Waals surface area contributed by atoms with Crippen LogP contribution in [-0.4, -0.2) is 38.6 Å². The largest absolute Gasteiger partial charge is 0.449 e. The highest BCUT2D eigenvalue weighted by molar-refractivity contribution is 7.89. The summed E-state index contributed by atoms with van der Waals surface area (Å²) >= 11 is 0. The van der Waals surface area contributed by atoms with Gasteiger partial charge < -0.3 is 4.74 Å². The van der Waals surface area contributed by atoms with Gasteiger partial charge >= 0.3 is 5.97 Å². The van der Waals surface area contributed by atoms with Crippen LogP contribution in [0.5, 0.6) is 0 Å². The molecule has 0 spiro atoms. The van der Waals surface area contributed by atoms with Crippen LogP contribution in [0.15, 0.2) is 54.6 Å². The van der Waals surface area contributed by atoms with Crippen LogP contribution in [0.1, 0.15) is 33.2 Å². The van der Waals surface area contributed by atoms with Crippen molar-refractivity contribution in [2.45, 2.75) is 18.8 Å². The zero-order valence-electron chi connectivity index (χ0n) is 15.3. The summed E-state index contributed by atoms with van der Waals surface area (Å²) in [6.45, 7) is 1.36. The molecule has 0 heterocycles. The van der Waals surface area contributed by atoms with E-state index >= 15 is 0 Å². The van der Waals surface area contributed by atoms with Crippen molar-refractivity contribution in [1.29, 1.82) is 0 Å². The van der Waals surface area contributed by atoms with Gasteiger partial charge in [0.1, 0.15) is 0 Å². The Bertz CT molecular complexity index is 956. The van der Waals surface area contributed by atoms with Gasteiger partial charge in [0.25, 0.3) is 11.8 Å². The molecule has 0 saturated heterocycles. The van der Waals surface area contributed by atoms with Crippen molar-refractivity contribution in [2.24, 2.45) is 0 Å². The molecule has 0 unspecified atom stereocenters. The molecule has 0 fully saturated rings. The maximum atomic E-state index is 12.1. The van der Waals surface area contributed by atoms with E-state index in [0.29, 0.717) is 11.1 Å². The lowest BCUT2D eigenvalue weighted by molar-refractivity contribution is -0.129. The number of hydrazine groups is 1. The molecule has 0 aromatic heterocycles. The smallest absolute Gasteiger partial charge is 0.338 e. The molecule has 28 heavy (non-hydrogen) atoms. The Labute approximate surface area is 162 Å². The van der Waals surface area contributed by atoms with E-state index in [2.05, 4.69) is 10.9 Å². The van der Waals surface area contributed by atoms with Crippen LogP contribution < -0.4 is 10.9 Å². The van der Waals surface area contributed by atoms with Crippen LogP contribution in [0.25, 0.3) is 0 Å². The van der Waals surface area contributed by atoms with Crippen molar-refractivity contribution in [2.75, 3.05) is 6.26 Å². The third-order valence-corrected chi connectivity index (χ3v) is 4.46. The Kier molecular flexibility index (Phi) is 6.89. The number of carbonyl (C=O) groups is 3. The molecule has 2 aromatic rings. The van der Waals surface area contributed by atoms with Gasteiger partial charge in [-0.2, -0.15) is 0 Å². The summed E-state index contributed by atoms with van der Waals surface area (Å²) in [5, 5.41) is 0. The number of carbonyl (C=O) groups excluding carboxylic acids is 3. The lowest BCUT2D eigenvalue weighted by Gasteiger charge is -2.14. The highest BCUT2D eigenvalue weighted by Crippen LogP contribution is 2.10. The predicted molar refractivity (Wildman–Crippen MR) is 102 cm³/mol. The molecule has 2 amide bonds. The topological polar surface area (TPSA) is 119 Å². The number of hydrogen-bond acceptors (Lipinski definition) is 6. The third-order valence-electron chi connectivity index (χ3n) is 3.61. The maximum Gasteiger partial charge on any atom is 0.338 e. The minimum atomic E-state index is -3.18. The minimum absolute atomic E-state index is 0.137. The quantitative estimate of drug-likeness (QED) is 0.552. The second-order valence-corrected chi connectivity index (χ2v) is 8.26. The third kappa shape index (κ3) is 6.51. The normalized spacial score (nSPS) is 11.9. The van der Waals surface area contributed by atoms with Gasteiger partial charge in [0.2, 0.25) is 0 Å². The molecular weight excluding hydrogens is 384 g/mol. The molecule has 0 aliphatic rings. The van der Waals surface area contributed by atoms with Gasteiger partial charge in [-0.3, -0.25) is 20.4 Å². The number of rotatable bonds is 6. The first kappa shape index (κ1) is 21.1. The summed E-state index contributed by atoms with van der Waals surface area (Å²) in [6.07, 6.45) is -0.0364. The Morgan fingerprint density at radius 2 is 1.54 bits per heavy atom. The van der Waals surface area contributed by atoms with Crippen LogP contribution in [0, 0.1) is 0 Å². The fourth-order valence-corrected chi connectivity index (χ4v) is 3.00. The number of nitrogens with one attached hydrogen (secondary N) is 2. The van der Waals surface area contributed by atoms with Gasteiger partial charge in [0, 0.05) is 11.8 Å². The van der Waals surface area contributed by atoms with E-state index in [1.165, 1.54) is 31.2 Å².